The highest BCUT2D eigenvalue weighted by molar-refractivity contribution is 5.88. The minimum absolute atomic E-state index is 0.224. The molecule has 0 unspecified atom stereocenters. The molecule has 5 heteroatoms. The van der Waals surface area contributed by atoms with Crippen LogP contribution in [0, 0.1) is 5.92 Å². The summed E-state index contributed by atoms with van der Waals surface area (Å²) in [5.74, 6) is -0.319. The normalized spacial score (nSPS) is 20.5. The zero-order valence-corrected chi connectivity index (χ0v) is 12.6. The van der Waals surface area contributed by atoms with E-state index in [-0.39, 0.29) is 6.03 Å². The molecular formula is C17H22N2O3. The number of carbonyl (C=O) groups excluding carboxylic acids is 1. The van der Waals surface area contributed by atoms with E-state index in [1.165, 1.54) is 5.56 Å². The molecule has 3 rings (SSSR count). The van der Waals surface area contributed by atoms with E-state index < -0.39 is 11.5 Å². The molecule has 2 N–H and O–H groups in total. The van der Waals surface area contributed by atoms with Crippen LogP contribution >= 0.6 is 0 Å². The smallest absolute Gasteiger partial charge is 0.329 e. The molecule has 1 saturated carbocycles. The first kappa shape index (κ1) is 14.9. The third-order valence-corrected chi connectivity index (χ3v) is 4.77. The summed E-state index contributed by atoms with van der Waals surface area (Å²) >= 11 is 0. The summed E-state index contributed by atoms with van der Waals surface area (Å²) in [6, 6.07) is 10.2. The lowest BCUT2D eigenvalue weighted by Crippen LogP contribution is -2.51. The molecule has 0 bridgehead atoms. The number of hydrogen-bond donors (Lipinski definition) is 2. The maximum atomic E-state index is 12.2. The minimum Gasteiger partial charge on any atom is -0.480 e. The highest BCUT2D eigenvalue weighted by atomic mass is 16.4. The number of likely N-dealkylation sites (tertiary alicyclic amines) is 1. The van der Waals surface area contributed by atoms with Gasteiger partial charge in [0, 0.05) is 13.1 Å². The summed E-state index contributed by atoms with van der Waals surface area (Å²) < 4.78 is 0. The first-order valence-electron chi connectivity index (χ1n) is 7.93. The van der Waals surface area contributed by atoms with Crippen LogP contribution in [0.4, 0.5) is 4.79 Å². The Hall–Kier alpha value is -2.04. The van der Waals surface area contributed by atoms with Crippen molar-refractivity contribution in [1.29, 1.82) is 0 Å². The molecule has 1 aromatic carbocycles. The SMILES string of the molecule is O=C(NC1(C(=O)O)CC1)N1CCC(Cc2ccccc2)CC1. The van der Waals surface area contributed by atoms with Gasteiger partial charge in [0.15, 0.2) is 0 Å². The van der Waals surface area contributed by atoms with E-state index in [4.69, 9.17) is 5.11 Å². The van der Waals surface area contributed by atoms with Crippen molar-refractivity contribution in [3.63, 3.8) is 0 Å². The summed E-state index contributed by atoms with van der Waals surface area (Å²) in [5.41, 5.74) is 0.353. The van der Waals surface area contributed by atoms with Crippen LogP contribution in [0.25, 0.3) is 0 Å². The molecule has 1 heterocycles. The molecule has 0 spiro atoms. The quantitative estimate of drug-likeness (QED) is 0.896. The second-order valence-electron chi connectivity index (χ2n) is 6.44. The standard InChI is InChI=1S/C17H22N2O3/c20-15(21)17(8-9-17)18-16(22)19-10-6-14(7-11-19)12-13-4-2-1-3-5-13/h1-5,14H,6-12H2,(H,18,22)(H,20,21). The van der Waals surface area contributed by atoms with Gasteiger partial charge in [-0.05, 0) is 43.6 Å². The van der Waals surface area contributed by atoms with E-state index in [1.807, 2.05) is 6.07 Å². The van der Waals surface area contributed by atoms with Crippen LogP contribution in [0.15, 0.2) is 30.3 Å². The first-order valence-corrected chi connectivity index (χ1v) is 7.93. The number of aliphatic carboxylic acids is 1. The first-order chi connectivity index (χ1) is 10.6. The van der Waals surface area contributed by atoms with Crippen molar-refractivity contribution in [2.75, 3.05) is 13.1 Å². The van der Waals surface area contributed by atoms with Gasteiger partial charge in [-0.25, -0.2) is 9.59 Å². The summed E-state index contributed by atoms with van der Waals surface area (Å²) in [4.78, 5) is 25.1. The molecule has 0 aromatic heterocycles. The van der Waals surface area contributed by atoms with Gasteiger partial charge < -0.3 is 15.3 Å². The number of rotatable bonds is 4. The van der Waals surface area contributed by atoms with Crippen LogP contribution in [0.5, 0.6) is 0 Å². The maximum Gasteiger partial charge on any atom is 0.329 e. The molecule has 2 aliphatic rings. The number of nitrogens with zero attached hydrogens (tertiary/aromatic N) is 1. The molecular weight excluding hydrogens is 280 g/mol. The van der Waals surface area contributed by atoms with Crippen LogP contribution in [-0.2, 0) is 11.2 Å². The Morgan fingerprint density at radius 1 is 1.18 bits per heavy atom. The Morgan fingerprint density at radius 3 is 2.36 bits per heavy atom. The van der Waals surface area contributed by atoms with Crippen LogP contribution in [0.1, 0.15) is 31.2 Å². The van der Waals surface area contributed by atoms with Crippen LogP contribution < -0.4 is 5.32 Å². The van der Waals surface area contributed by atoms with Crippen molar-refractivity contribution < 1.29 is 14.7 Å². The van der Waals surface area contributed by atoms with Crippen molar-refractivity contribution >= 4 is 12.0 Å². The topological polar surface area (TPSA) is 69.6 Å². The summed E-state index contributed by atoms with van der Waals surface area (Å²) in [6.45, 7) is 1.41. The number of carbonyl (C=O) groups is 2. The number of urea groups is 1. The molecule has 0 radical (unpaired) electrons. The lowest BCUT2D eigenvalue weighted by molar-refractivity contribution is -0.140. The highest BCUT2D eigenvalue weighted by Gasteiger charge is 2.52. The Morgan fingerprint density at radius 2 is 1.82 bits per heavy atom. The van der Waals surface area contributed by atoms with Crippen molar-refractivity contribution in [2.45, 2.75) is 37.6 Å². The zero-order valence-electron chi connectivity index (χ0n) is 12.6. The highest BCUT2D eigenvalue weighted by Crippen LogP contribution is 2.36. The molecule has 1 aliphatic carbocycles. The molecule has 1 aliphatic heterocycles. The van der Waals surface area contributed by atoms with E-state index in [0.717, 1.165) is 19.3 Å². The molecule has 22 heavy (non-hydrogen) atoms. The van der Waals surface area contributed by atoms with E-state index in [1.54, 1.807) is 4.90 Å². The number of amides is 2. The predicted molar refractivity (Wildman–Crippen MR) is 82.6 cm³/mol. The molecule has 5 nitrogen and oxygen atoms in total. The minimum atomic E-state index is -0.988. The Kier molecular flexibility index (Phi) is 4.05. The Labute approximate surface area is 130 Å². The number of benzene rings is 1. The van der Waals surface area contributed by atoms with E-state index in [2.05, 4.69) is 29.6 Å². The summed E-state index contributed by atoms with van der Waals surface area (Å²) in [5, 5.41) is 11.8. The summed E-state index contributed by atoms with van der Waals surface area (Å²) in [7, 11) is 0. The van der Waals surface area contributed by atoms with Crippen LogP contribution in [0.2, 0.25) is 0 Å². The van der Waals surface area contributed by atoms with Gasteiger partial charge in [-0.1, -0.05) is 30.3 Å². The lowest BCUT2D eigenvalue weighted by atomic mass is 9.90. The van der Waals surface area contributed by atoms with Gasteiger partial charge in [-0.2, -0.15) is 0 Å². The number of carboxylic acid groups (broad SMARTS) is 1. The van der Waals surface area contributed by atoms with E-state index in [0.29, 0.717) is 31.8 Å². The predicted octanol–water partition coefficient (Wildman–Crippen LogP) is 2.27. The second kappa shape index (κ2) is 5.99. The number of piperidine rings is 1. The van der Waals surface area contributed by atoms with Gasteiger partial charge in [0.25, 0.3) is 0 Å². The third-order valence-electron chi connectivity index (χ3n) is 4.77. The van der Waals surface area contributed by atoms with Crippen molar-refractivity contribution in [3.8, 4) is 0 Å². The van der Waals surface area contributed by atoms with E-state index >= 15 is 0 Å². The molecule has 0 atom stereocenters. The van der Waals surface area contributed by atoms with Crippen LogP contribution in [0.3, 0.4) is 0 Å². The van der Waals surface area contributed by atoms with Crippen molar-refractivity contribution in [3.05, 3.63) is 35.9 Å². The van der Waals surface area contributed by atoms with Gasteiger partial charge in [0.2, 0.25) is 0 Å². The third kappa shape index (κ3) is 3.24. The Bertz CT molecular complexity index is 546. The summed E-state index contributed by atoms with van der Waals surface area (Å²) in [6.07, 6.45) is 4.08. The fourth-order valence-electron chi connectivity index (χ4n) is 3.09. The molecule has 1 saturated heterocycles. The van der Waals surface area contributed by atoms with Gasteiger partial charge >= 0.3 is 12.0 Å². The average Bonchev–Trinajstić information content (AvgIpc) is 3.30. The molecule has 2 amide bonds. The number of carboxylic acids is 1. The molecule has 118 valence electrons. The van der Waals surface area contributed by atoms with Gasteiger partial charge in [0.1, 0.15) is 5.54 Å². The fourth-order valence-corrected chi connectivity index (χ4v) is 3.09. The maximum absolute atomic E-state index is 12.2. The molecule has 2 fully saturated rings. The molecule has 1 aromatic rings. The average molecular weight is 302 g/mol. The number of nitrogens with one attached hydrogen (secondary N) is 1. The largest absolute Gasteiger partial charge is 0.480 e. The van der Waals surface area contributed by atoms with Crippen LogP contribution in [-0.4, -0.2) is 40.6 Å². The zero-order chi connectivity index (χ0) is 15.6. The lowest BCUT2D eigenvalue weighted by Gasteiger charge is -2.33. The second-order valence-corrected chi connectivity index (χ2v) is 6.44. The van der Waals surface area contributed by atoms with Crippen molar-refractivity contribution in [1.82, 2.24) is 10.2 Å². The van der Waals surface area contributed by atoms with Gasteiger partial charge in [0.05, 0.1) is 0 Å². The fraction of sp³-hybridized carbons (Fsp3) is 0.529. The number of hydrogen-bond acceptors (Lipinski definition) is 2. The Balaban J connectivity index is 1.47. The van der Waals surface area contributed by atoms with Gasteiger partial charge in [-0.15, -0.1) is 0 Å². The monoisotopic (exact) mass is 302 g/mol. The van der Waals surface area contributed by atoms with Gasteiger partial charge in [-0.3, -0.25) is 0 Å². The van der Waals surface area contributed by atoms with E-state index in [9.17, 15) is 9.59 Å². The van der Waals surface area contributed by atoms with Crippen molar-refractivity contribution in [2.24, 2.45) is 5.92 Å².